The third-order valence-corrected chi connectivity index (χ3v) is 11.8. The fraction of sp³-hybridized carbons (Fsp3) is 0.694. The third kappa shape index (κ3) is 53.3. The summed E-state index contributed by atoms with van der Waals surface area (Å²) in [5.41, 5.74) is 0. The first-order chi connectivity index (χ1) is 33.5. The molecule has 6 heteroatoms. The van der Waals surface area contributed by atoms with Crippen LogP contribution in [0.5, 0.6) is 0 Å². The van der Waals surface area contributed by atoms with Gasteiger partial charge in [-0.2, -0.15) is 0 Å². The lowest BCUT2D eigenvalue weighted by molar-refractivity contribution is -0.167. The molecule has 0 saturated heterocycles. The molecule has 1 unspecified atom stereocenters. The summed E-state index contributed by atoms with van der Waals surface area (Å²) in [7, 11) is 0. The molecule has 0 radical (unpaired) electrons. The lowest BCUT2D eigenvalue weighted by Crippen LogP contribution is -2.30. The Balaban J connectivity index is 4.54. The number of esters is 3. The fourth-order valence-electron chi connectivity index (χ4n) is 7.61. The molecule has 0 aliphatic rings. The number of rotatable bonds is 50. The zero-order valence-electron chi connectivity index (χ0n) is 44.3. The minimum absolute atomic E-state index is 0.114. The summed E-state index contributed by atoms with van der Waals surface area (Å²) < 4.78 is 16.8. The quantitative estimate of drug-likeness (QED) is 0.0262. The van der Waals surface area contributed by atoms with Gasteiger partial charge in [0.2, 0.25) is 0 Å². The van der Waals surface area contributed by atoms with Crippen LogP contribution in [0.15, 0.2) is 97.2 Å². The monoisotopic (exact) mass is 945 g/mol. The van der Waals surface area contributed by atoms with Crippen LogP contribution in [-0.4, -0.2) is 37.2 Å². The summed E-state index contributed by atoms with van der Waals surface area (Å²) in [4.78, 5) is 38.1. The lowest BCUT2D eigenvalue weighted by Gasteiger charge is -2.18. The van der Waals surface area contributed by atoms with Crippen LogP contribution in [0.1, 0.15) is 258 Å². The SMILES string of the molecule is CC/C=C\C/C=C\C/C=C\C/C=C\C/C=C\CCCC(=O)OCC(COC(=O)CCCCCCCCCCCCCCCCCC)OC(=O)CCC/C=C\C/C=C\C/C=C\CCCCCCCC. The first-order valence-electron chi connectivity index (χ1n) is 28.2. The van der Waals surface area contributed by atoms with Gasteiger partial charge in [0.1, 0.15) is 13.2 Å². The maximum absolute atomic E-state index is 12.8. The Labute approximate surface area is 419 Å². The second-order valence-corrected chi connectivity index (χ2v) is 18.5. The molecule has 6 nitrogen and oxygen atoms in total. The minimum atomic E-state index is -0.826. The molecule has 0 spiro atoms. The van der Waals surface area contributed by atoms with E-state index in [2.05, 4.69) is 118 Å². The van der Waals surface area contributed by atoms with Crippen LogP contribution in [-0.2, 0) is 28.6 Å². The first-order valence-corrected chi connectivity index (χ1v) is 28.2. The molecule has 388 valence electrons. The van der Waals surface area contributed by atoms with Crippen LogP contribution in [0.3, 0.4) is 0 Å². The zero-order valence-corrected chi connectivity index (χ0v) is 44.3. The summed E-state index contributed by atoms with van der Waals surface area (Å²) >= 11 is 0. The molecule has 68 heavy (non-hydrogen) atoms. The summed E-state index contributed by atoms with van der Waals surface area (Å²) in [6.45, 7) is 6.44. The fourth-order valence-corrected chi connectivity index (χ4v) is 7.61. The highest BCUT2D eigenvalue weighted by Gasteiger charge is 2.19. The number of carbonyl (C=O) groups excluding carboxylic acids is 3. The van der Waals surface area contributed by atoms with Gasteiger partial charge in [0.15, 0.2) is 6.10 Å². The predicted octanol–water partition coefficient (Wildman–Crippen LogP) is 18.9. The molecule has 0 rings (SSSR count). The third-order valence-electron chi connectivity index (χ3n) is 11.8. The Kier molecular flexibility index (Phi) is 52.9. The van der Waals surface area contributed by atoms with Gasteiger partial charge in [0.05, 0.1) is 0 Å². The Bertz CT molecular complexity index is 1360. The average molecular weight is 946 g/mol. The maximum atomic E-state index is 12.8. The standard InChI is InChI=1S/C62H104O6/c1-4-7-10-13-16-19-22-25-28-31-34-37-40-43-46-49-52-55-61(64)67-58-59(57-66-60(63)54-51-48-45-42-39-36-33-30-27-24-21-18-15-12-9-6-3)68-62(65)56-53-50-47-44-41-38-35-32-29-26-23-20-17-14-11-8-5-2/h7,10,16,19,25-26,28-29,34-35,37-38,43-44,46-47,59H,4-6,8-9,11-15,17-18,20-24,27,30-33,36,39-42,45,48-58H2,1-3H3/b10-7-,19-16-,28-25-,29-26-,37-34-,38-35-,46-43-,47-44-. The zero-order chi connectivity index (χ0) is 49.3. The summed E-state index contributed by atoms with van der Waals surface area (Å²) in [5.74, 6) is -1.02. The number of unbranched alkanes of at least 4 members (excludes halogenated alkanes) is 23. The Morgan fingerprint density at radius 3 is 0.956 bits per heavy atom. The topological polar surface area (TPSA) is 78.9 Å². The lowest BCUT2D eigenvalue weighted by atomic mass is 10.0. The highest BCUT2D eigenvalue weighted by atomic mass is 16.6. The highest BCUT2D eigenvalue weighted by molar-refractivity contribution is 5.71. The van der Waals surface area contributed by atoms with Crippen molar-refractivity contribution in [3.05, 3.63) is 97.2 Å². The first kappa shape index (κ1) is 64.3. The largest absolute Gasteiger partial charge is 0.462 e. The molecular weight excluding hydrogens is 841 g/mol. The second-order valence-electron chi connectivity index (χ2n) is 18.5. The van der Waals surface area contributed by atoms with E-state index in [1.807, 2.05) is 0 Å². The van der Waals surface area contributed by atoms with Crippen molar-refractivity contribution in [2.24, 2.45) is 0 Å². The van der Waals surface area contributed by atoms with Gasteiger partial charge in [-0.25, -0.2) is 0 Å². The molecule has 0 heterocycles. The summed E-state index contributed by atoms with van der Waals surface area (Å²) in [6.07, 6.45) is 74.1. The van der Waals surface area contributed by atoms with E-state index in [-0.39, 0.29) is 44.0 Å². The number of allylic oxidation sites excluding steroid dienone is 16. The minimum Gasteiger partial charge on any atom is -0.462 e. The van der Waals surface area contributed by atoms with E-state index in [0.717, 1.165) is 77.0 Å². The molecule has 1 atom stereocenters. The number of hydrogen-bond acceptors (Lipinski definition) is 6. The van der Waals surface area contributed by atoms with E-state index in [1.54, 1.807) is 0 Å². The predicted molar refractivity (Wildman–Crippen MR) is 293 cm³/mol. The molecule has 0 saturated carbocycles. The Hall–Kier alpha value is -3.67. The highest BCUT2D eigenvalue weighted by Crippen LogP contribution is 2.15. The Morgan fingerprint density at radius 1 is 0.309 bits per heavy atom. The van der Waals surface area contributed by atoms with Crippen molar-refractivity contribution in [3.63, 3.8) is 0 Å². The van der Waals surface area contributed by atoms with Crippen LogP contribution in [0.4, 0.5) is 0 Å². The Morgan fingerprint density at radius 2 is 0.588 bits per heavy atom. The van der Waals surface area contributed by atoms with Gasteiger partial charge in [0, 0.05) is 19.3 Å². The van der Waals surface area contributed by atoms with Crippen molar-refractivity contribution in [3.8, 4) is 0 Å². The van der Waals surface area contributed by atoms with E-state index >= 15 is 0 Å². The van der Waals surface area contributed by atoms with Crippen LogP contribution >= 0.6 is 0 Å². The van der Waals surface area contributed by atoms with Gasteiger partial charge in [-0.05, 0) is 89.9 Å². The summed E-state index contributed by atoms with van der Waals surface area (Å²) in [6, 6.07) is 0. The average Bonchev–Trinajstić information content (AvgIpc) is 3.34. The van der Waals surface area contributed by atoms with E-state index in [1.165, 1.54) is 128 Å². The van der Waals surface area contributed by atoms with Crippen LogP contribution in [0.2, 0.25) is 0 Å². The number of ether oxygens (including phenoxy) is 3. The van der Waals surface area contributed by atoms with Crippen molar-refractivity contribution in [1.82, 2.24) is 0 Å². The molecule has 0 aromatic carbocycles. The molecule has 0 aromatic heterocycles. The van der Waals surface area contributed by atoms with Crippen molar-refractivity contribution in [1.29, 1.82) is 0 Å². The van der Waals surface area contributed by atoms with Gasteiger partial charge in [0.25, 0.3) is 0 Å². The van der Waals surface area contributed by atoms with E-state index in [9.17, 15) is 14.4 Å². The van der Waals surface area contributed by atoms with E-state index < -0.39 is 6.10 Å². The van der Waals surface area contributed by atoms with Crippen LogP contribution in [0, 0.1) is 0 Å². The van der Waals surface area contributed by atoms with Gasteiger partial charge in [-0.3, -0.25) is 14.4 Å². The smallest absolute Gasteiger partial charge is 0.306 e. The van der Waals surface area contributed by atoms with Crippen molar-refractivity contribution >= 4 is 17.9 Å². The number of carbonyl (C=O) groups is 3. The van der Waals surface area contributed by atoms with Gasteiger partial charge in [-0.15, -0.1) is 0 Å². The van der Waals surface area contributed by atoms with E-state index in [4.69, 9.17) is 14.2 Å². The second kappa shape index (κ2) is 55.9. The van der Waals surface area contributed by atoms with E-state index in [0.29, 0.717) is 19.3 Å². The van der Waals surface area contributed by atoms with Crippen molar-refractivity contribution < 1.29 is 28.6 Å². The van der Waals surface area contributed by atoms with Crippen LogP contribution < -0.4 is 0 Å². The molecule has 0 aromatic rings. The maximum Gasteiger partial charge on any atom is 0.306 e. The van der Waals surface area contributed by atoms with Gasteiger partial charge in [-0.1, -0.05) is 246 Å². The molecule has 0 bridgehead atoms. The van der Waals surface area contributed by atoms with Crippen LogP contribution in [0.25, 0.3) is 0 Å². The van der Waals surface area contributed by atoms with Crippen molar-refractivity contribution in [2.45, 2.75) is 264 Å². The molecular formula is C62H104O6. The number of hydrogen-bond donors (Lipinski definition) is 0. The van der Waals surface area contributed by atoms with Gasteiger partial charge < -0.3 is 14.2 Å². The summed E-state index contributed by atoms with van der Waals surface area (Å²) in [5, 5.41) is 0. The molecule has 0 N–H and O–H groups in total. The van der Waals surface area contributed by atoms with Gasteiger partial charge >= 0.3 is 17.9 Å². The van der Waals surface area contributed by atoms with Crippen molar-refractivity contribution in [2.75, 3.05) is 13.2 Å². The molecule has 0 fully saturated rings. The normalized spacial score (nSPS) is 12.8. The molecule has 0 aliphatic carbocycles. The molecule has 0 aliphatic heterocycles. The molecule has 0 amide bonds.